The number of anilines is 2. The highest BCUT2D eigenvalue weighted by Crippen LogP contribution is 2.27. The highest BCUT2D eigenvalue weighted by atomic mass is 15.1. The number of fused-ring (bicyclic) bond motifs is 1. The Labute approximate surface area is 121 Å². The van der Waals surface area contributed by atoms with E-state index in [1.165, 1.54) is 41.9 Å². The Morgan fingerprint density at radius 2 is 1.95 bits per heavy atom. The molecule has 1 aliphatic rings. The van der Waals surface area contributed by atoms with Crippen LogP contribution in [-0.4, -0.2) is 19.6 Å². The van der Waals surface area contributed by atoms with E-state index in [2.05, 4.69) is 59.6 Å². The number of aryl methyl sites for hydroxylation is 2. The molecule has 0 saturated carbocycles. The van der Waals surface area contributed by atoms with Crippen molar-refractivity contribution in [1.82, 2.24) is 0 Å². The number of hydrogen-bond acceptors (Lipinski definition) is 2. The molecule has 3 rings (SSSR count). The van der Waals surface area contributed by atoms with E-state index in [-0.39, 0.29) is 0 Å². The average molecular weight is 266 g/mol. The van der Waals surface area contributed by atoms with Crippen molar-refractivity contribution in [2.24, 2.45) is 0 Å². The van der Waals surface area contributed by atoms with Crippen molar-refractivity contribution in [3.63, 3.8) is 0 Å². The van der Waals surface area contributed by atoms with Crippen molar-refractivity contribution in [3.8, 4) is 0 Å². The molecule has 0 spiro atoms. The SMILES string of the molecule is Cc1ccc2c(c1)CCCN2CCNc1ccccc1. The summed E-state index contributed by atoms with van der Waals surface area (Å²) >= 11 is 0. The van der Waals surface area contributed by atoms with Crippen molar-refractivity contribution in [1.29, 1.82) is 0 Å². The van der Waals surface area contributed by atoms with Gasteiger partial charge in [-0.3, -0.25) is 0 Å². The monoisotopic (exact) mass is 266 g/mol. The van der Waals surface area contributed by atoms with Crippen LogP contribution >= 0.6 is 0 Å². The normalized spacial score (nSPS) is 13.9. The Morgan fingerprint density at radius 1 is 1.10 bits per heavy atom. The summed E-state index contributed by atoms with van der Waals surface area (Å²) in [4.78, 5) is 2.51. The predicted octanol–water partition coefficient (Wildman–Crippen LogP) is 3.86. The van der Waals surface area contributed by atoms with Gasteiger partial charge in [-0.2, -0.15) is 0 Å². The fourth-order valence-corrected chi connectivity index (χ4v) is 2.93. The van der Waals surface area contributed by atoms with Gasteiger partial charge in [0.2, 0.25) is 0 Å². The van der Waals surface area contributed by atoms with Gasteiger partial charge in [0, 0.05) is 31.0 Å². The van der Waals surface area contributed by atoms with Gasteiger partial charge in [0.1, 0.15) is 0 Å². The molecule has 0 unspecified atom stereocenters. The molecular formula is C18H22N2. The first kappa shape index (κ1) is 13.0. The summed E-state index contributed by atoms with van der Waals surface area (Å²) in [5.74, 6) is 0. The first-order valence-electron chi connectivity index (χ1n) is 7.46. The summed E-state index contributed by atoms with van der Waals surface area (Å²) in [6.07, 6.45) is 2.49. The zero-order valence-electron chi connectivity index (χ0n) is 12.1. The van der Waals surface area contributed by atoms with E-state index in [1.54, 1.807) is 0 Å². The largest absolute Gasteiger partial charge is 0.383 e. The Morgan fingerprint density at radius 3 is 2.80 bits per heavy atom. The van der Waals surface area contributed by atoms with Crippen molar-refractivity contribution in [2.45, 2.75) is 19.8 Å². The van der Waals surface area contributed by atoms with Gasteiger partial charge in [0.15, 0.2) is 0 Å². The fourth-order valence-electron chi connectivity index (χ4n) is 2.93. The number of hydrogen-bond donors (Lipinski definition) is 1. The summed E-state index contributed by atoms with van der Waals surface area (Å²) < 4.78 is 0. The molecule has 0 aliphatic carbocycles. The quantitative estimate of drug-likeness (QED) is 0.904. The molecule has 2 aromatic rings. The third kappa shape index (κ3) is 2.96. The lowest BCUT2D eigenvalue weighted by molar-refractivity contribution is 0.698. The summed E-state index contributed by atoms with van der Waals surface area (Å²) in [5.41, 5.74) is 5.51. The van der Waals surface area contributed by atoms with Gasteiger partial charge in [-0.1, -0.05) is 35.9 Å². The topological polar surface area (TPSA) is 15.3 Å². The Kier molecular flexibility index (Phi) is 3.91. The predicted molar refractivity (Wildman–Crippen MR) is 86.6 cm³/mol. The van der Waals surface area contributed by atoms with Gasteiger partial charge in [-0.05, 0) is 43.5 Å². The van der Waals surface area contributed by atoms with Gasteiger partial charge in [0.05, 0.1) is 0 Å². The second-order valence-electron chi connectivity index (χ2n) is 5.52. The third-order valence-electron chi connectivity index (χ3n) is 3.93. The Hall–Kier alpha value is -1.96. The molecule has 1 N–H and O–H groups in total. The van der Waals surface area contributed by atoms with Crippen LogP contribution in [0.15, 0.2) is 48.5 Å². The van der Waals surface area contributed by atoms with Crippen LogP contribution in [0, 0.1) is 6.92 Å². The molecule has 1 aliphatic heterocycles. The highest BCUT2D eigenvalue weighted by molar-refractivity contribution is 5.57. The summed E-state index contributed by atoms with van der Waals surface area (Å²) in [5, 5.41) is 3.49. The minimum atomic E-state index is 0.983. The lowest BCUT2D eigenvalue weighted by Gasteiger charge is -2.31. The lowest BCUT2D eigenvalue weighted by Crippen LogP contribution is -2.33. The molecule has 20 heavy (non-hydrogen) atoms. The first-order chi connectivity index (χ1) is 9.83. The van der Waals surface area contributed by atoms with Gasteiger partial charge in [-0.15, -0.1) is 0 Å². The maximum atomic E-state index is 3.49. The van der Waals surface area contributed by atoms with Crippen LogP contribution in [0.2, 0.25) is 0 Å². The number of nitrogens with one attached hydrogen (secondary N) is 1. The number of benzene rings is 2. The second-order valence-corrected chi connectivity index (χ2v) is 5.52. The van der Waals surface area contributed by atoms with Crippen LogP contribution < -0.4 is 10.2 Å². The minimum absolute atomic E-state index is 0.983. The zero-order valence-corrected chi connectivity index (χ0v) is 12.1. The molecule has 2 nitrogen and oxygen atoms in total. The fraction of sp³-hybridized carbons (Fsp3) is 0.333. The van der Waals surface area contributed by atoms with Crippen LogP contribution in [0.1, 0.15) is 17.5 Å². The molecule has 0 atom stereocenters. The van der Waals surface area contributed by atoms with Crippen molar-refractivity contribution in [3.05, 3.63) is 59.7 Å². The molecule has 2 heteroatoms. The maximum Gasteiger partial charge on any atom is 0.0399 e. The maximum absolute atomic E-state index is 3.49. The summed E-state index contributed by atoms with van der Waals surface area (Å²) in [6, 6.07) is 17.3. The average Bonchev–Trinajstić information content (AvgIpc) is 2.48. The standard InChI is InChI=1S/C18H22N2/c1-15-9-10-18-16(14-15)6-5-12-20(18)13-11-19-17-7-3-2-4-8-17/h2-4,7-10,14,19H,5-6,11-13H2,1H3. The van der Waals surface area contributed by atoms with Crippen molar-refractivity contribution >= 4 is 11.4 Å². The smallest absolute Gasteiger partial charge is 0.0399 e. The van der Waals surface area contributed by atoms with Crippen molar-refractivity contribution in [2.75, 3.05) is 29.9 Å². The van der Waals surface area contributed by atoms with Gasteiger partial charge in [0.25, 0.3) is 0 Å². The lowest BCUT2D eigenvalue weighted by atomic mass is 10.00. The van der Waals surface area contributed by atoms with E-state index in [0.717, 1.165) is 13.1 Å². The molecule has 1 heterocycles. The molecule has 0 fully saturated rings. The van der Waals surface area contributed by atoms with Gasteiger partial charge >= 0.3 is 0 Å². The molecule has 104 valence electrons. The molecule has 0 bridgehead atoms. The third-order valence-corrected chi connectivity index (χ3v) is 3.93. The minimum Gasteiger partial charge on any atom is -0.383 e. The summed E-state index contributed by atoms with van der Waals surface area (Å²) in [7, 11) is 0. The number of para-hydroxylation sites is 1. The summed E-state index contributed by atoms with van der Waals surface area (Å²) in [6.45, 7) is 5.39. The number of nitrogens with zero attached hydrogens (tertiary/aromatic N) is 1. The highest BCUT2D eigenvalue weighted by Gasteiger charge is 2.15. The molecule has 0 saturated heterocycles. The van der Waals surface area contributed by atoms with Crippen LogP contribution in [0.25, 0.3) is 0 Å². The first-order valence-corrected chi connectivity index (χ1v) is 7.46. The molecule has 0 amide bonds. The second kappa shape index (κ2) is 6.00. The molecule has 0 aromatic heterocycles. The van der Waals surface area contributed by atoms with Crippen LogP contribution in [-0.2, 0) is 6.42 Å². The van der Waals surface area contributed by atoms with Crippen LogP contribution in [0.4, 0.5) is 11.4 Å². The van der Waals surface area contributed by atoms with Crippen LogP contribution in [0.3, 0.4) is 0 Å². The zero-order chi connectivity index (χ0) is 13.8. The van der Waals surface area contributed by atoms with E-state index in [9.17, 15) is 0 Å². The van der Waals surface area contributed by atoms with Gasteiger partial charge in [-0.25, -0.2) is 0 Å². The van der Waals surface area contributed by atoms with E-state index >= 15 is 0 Å². The van der Waals surface area contributed by atoms with E-state index < -0.39 is 0 Å². The molecular weight excluding hydrogens is 244 g/mol. The Bertz CT molecular complexity index is 563. The molecule has 0 radical (unpaired) electrons. The van der Waals surface area contributed by atoms with E-state index in [4.69, 9.17) is 0 Å². The number of rotatable bonds is 4. The van der Waals surface area contributed by atoms with Crippen molar-refractivity contribution < 1.29 is 0 Å². The molecule has 2 aromatic carbocycles. The Balaban J connectivity index is 1.62. The van der Waals surface area contributed by atoms with Gasteiger partial charge < -0.3 is 10.2 Å². The van der Waals surface area contributed by atoms with E-state index in [1.807, 2.05) is 6.07 Å². The van der Waals surface area contributed by atoms with E-state index in [0.29, 0.717) is 0 Å². The van der Waals surface area contributed by atoms with Crippen LogP contribution in [0.5, 0.6) is 0 Å².